The average molecular weight is 363 g/mol. The van der Waals surface area contributed by atoms with Crippen LogP contribution in [-0.4, -0.2) is 26.8 Å². The number of carboxylic acid groups (broad SMARTS) is 1. The second-order valence-electron chi connectivity index (χ2n) is 7.59. The van der Waals surface area contributed by atoms with Crippen LogP contribution < -0.4 is 4.90 Å². The molecule has 1 aliphatic heterocycles. The van der Waals surface area contributed by atoms with Gasteiger partial charge in [0.05, 0.1) is 16.7 Å². The van der Waals surface area contributed by atoms with Crippen LogP contribution in [0.4, 0.5) is 10.5 Å². The van der Waals surface area contributed by atoms with Crippen molar-refractivity contribution < 1.29 is 9.90 Å². The lowest BCUT2D eigenvalue weighted by atomic mass is 9.96. The predicted octanol–water partition coefficient (Wildman–Crippen LogP) is 4.74. The van der Waals surface area contributed by atoms with E-state index in [0.29, 0.717) is 0 Å². The molecule has 2 aromatic carbocycles. The molecule has 1 N–H and O–H groups in total. The van der Waals surface area contributed by atoms with Crippen LogP contribution in [0.2, 0.25) is 0 Å². The molecular formula is C22H25N3O2. The van der Waals surface area contributed by atoms with Gasteiger partial charge in [0, 0.05) is 24.6 Å². The number of hydrogen-bond donors (Lipinski definition) is 1. The van der Waals surface area contributed by atoms with Gasteiger partial charge < -0.3 is 9.67 Å². The van der Waals surface area contributed by atoms with Gasteiger partial charge in [-0.1, -0.05) is 37.3 Å². The van der Waals surface area contributed by atoms with Crippen molar-refractivity contribution in [3.8, 4) is 0 Å². The molecule has 140 valence electrons. The van der Waals surface area contributed by atoms with Gasteiger partial charge in [-0.05, 0) is 43.9 Å². The number of aryl methyl sites for hydroxylation is 2. The zero-order chi connectivity index (χ0) is 19.1. The molecule has 2 atom stereocenters. The predicted molar refractivity (Wildman–Crippen MR) is 108 cm³/mol. The number of rotatable bonds is 3. The van der Waals surface area contributed by atoms with Crippen molar-refractivity contribution in [2.24, 2.45) is 7.05 Å². The molecule has 4 rings (SSSR count). The molecule has 1 aliphatic rings. The number of fused-ring (bicyclic) bond motifs is 3. The number of benzene rings is 2. The highest BCUT2D eigenvalue weighted by molar-refractivity contribution is 5.94. The van der Waals surface area contributed by atoms with Crippen molar-refractivity contribution in [3.63, 3.8) is 0 Å². The van der Waals surface area contributed by atoms with Gasteiger partial charge in [0.1, 0.15) is 5.82 Å². The van der Waals surface area contributed by atoms with E-state index < -0.39 is 6.09 Å². The number of hydrogen-bond acceptors (Lipinski definition) is 2. The normalized spacial score (nSPS) is 17.7. The topological polar surface area (TPSA) is 58.4 Å². The van der Waals surface area contributed by atoms with E-state index in [1.807, 2.05) is 25.1 Å². The van der Waals surface area contributed by atoms with E-state index in [-0.39, 0.29) is 12.0 Å². The molecule has 0 saturated carbocycles. The maximum atomic E-state index is 11.7. The first-order valence-electron chi connectivity index (χ1n) is 9.51. The van der Waals surface area contributed by atoms with Crippen molar-refractivity contribution in [2.75, 3.05) is 4.90 Å². The van der Waals surface area contributed by atoms with Gasteiger partial charge in [0.2, 0.25) is 0 Å². The molecular weight excluding hydrogens is 338 g/mol. The Bertz CT molecular complexity index is 994. The van der Waals surface area contributed by atoms with Gasteiger partial charge in [0.15, 0.2) is 0 Å². The molecule has 27 heavy (non-hydrogen) atoms. The fourth-order valence-electron chi connectivity index (χ4n) is 4.30. The SMILES string of the molecule is C[C@@H](Cc1ccccc1)c1nc2c3c(ccc2n1C)N(C(=O)O)[C@@H](C)CC3. The summed E-state index contributed by atoms with van der Waals surface area (Å²) in [6, 6.07) is 14.4. The molecule has 0 spiro atoms. The minimum atomic E-state index is -0.892. The molecule has 5 heteroatoms. The summed E-state index contributed by atoms with van der Waals surface area (Å²) in [5.74, 6) is 1.32. The summed E-state index contributed by atoms with van der Waals surface area (Å²) in [5.41, 5.74) is 5.16. The third-order valence-electron chi connectivity index (χ3n) is 5.71. The zero-order valence-corrected chi connectivity index (χ0v) is 16.0. The molecule has 0 unspecified atom stereocenters. The van der Waals surface area contributed by atoms with Crippen LogP contribution in [0.5, 0.6) is 0 Å². The zero-order valence-electron chi connectivity index (χ0n) is 16.0. The molecule has 0 aliphatic carbocycles. The lowest BCUT2D eigenvalue weighted by Crippen LogP contribution is -2.41. The number of amides is 1. The Kier molecular flexibility index (Phi) is 4.38. The van der Waals surface area contributed by atoms with E-state index in [1.54, 1.807) is 0 Å². The Morgan fingerprint density at radius 3 is 2.70 bits per heavy atom. The molecule has 0 saturated heterocycles. The highest BCUT2D eigenvalue weighted by Gasteiger charge is 2.30. The van der Waals surface area contributed by atoms with E-state index in [4.69, 9.17) is 4.98 Å². The number of carbonyl (C=O) groups is 1. The lowest BCUT2D eigenvalue weighted by molar-refractivity contribution is 0.198. The highest BCUT2D eigenvalue weighted by Crippen LogP contribution is 2.36. The van der Waals surface area contributed by atoms with E-state index in [1.165, 1.54) is 10.5 Å². The van der Waals surface area contributed by atoms with Gasteiger partial charge >= 0.3 is 6.09 Å². The molecule has 0 fully saturated rings. The number of imidazole rings is 1. The van der Waals surface area contributed by atoms with Crippen LogP contribution in [0, 0.1) is 0 Å². The number of anilines is 1. The van der Waals surface area contributed by atoms with Crippen LogP contribution in [0.15, 0.2) is 42.5 Å². The fourth-order valence-corrected chi connectivity index (χ4v) is 4.30. The second-order valence-corrected chi connectivity index (χ2v) is 7.59. The third kappa shape index (κ3) is 2.97. The summed E-state index contributed by atoms with van der Waals surface area (Å²) in [6.07, 6.45) is 1.72. The first-order chi connectivity index (χ1) is 13.0. The van der Waals surface area contributed by atoms with Crippen LogP contribution in [-0.2, 0) is 19.9 Å². The molecule has 0 bridgehead atoms. The van der Waals surface area contributed by atoms with Crippen molar-refractivity contribution in [1.82, 2.24) is 9.55 Å². The Labute approximate surface area is 159 Å². The lowest BCUT2D eigenvalue weighted by Gasteiger charge is -2.33. The molecule has 5 nitrogen and oxygen atoms in total. The number of aromatic nitrogens is 2. The van der Waals surface area contributed by atoms with Gasteiger partial charge in [-0.25, -0.2) is 9.78 Å². The van der Waals surface area contributed by atoms with Gasteiger partial charge in [-0.2, -0.15) is 0 Å². The van der Waals surface area contributed by atoms with Gasteiger partial charge in [-0.3, -0.25) is 4.90 Å². The molecule has 1 amide bonds. The Balaban J connectivity index is 1.77. The largest absolute Gasteiger partial charge is 0.465 e. The van der Waals surface area contributed by atoms with Crippen LogP contribution in [0.25, 0.3) is 11.0 Å². The van der Waals surface area contributed by atoms with Crippen molar-refractivity contribution >= 4 is 22.8 Å². The summed E-state index contributed by atoms with van der Waals surface area (Å²) in [5, 5.41) is 9.64. The highest BCUT2D eigenvalue weighted by atomic mass is 16.4. The van der Waals surface area contributed by atoms with Crippen LogP contribution >= 0.6 is 0 Å². The fraction of sp³-hybridized carbons (Fsp3) is 0.364. The standard InChI is InChI=1S/C22H25N3O2/c1-14(13-16-7-5-4-6-8-16)21-23-20-17-10-9-15(2)25(22(26)27)18(17)11-12-19(20)24(21)3/h4-8,11-12,14-15H,9-10,13H2,1-3H3,(H,26,27)/t14-,15-/m0/s1. The Hall–Kier alpha value is -2.82. The minimum absolute atomic E-state index is 0.00682. The van der Waals surface area contributed by atoms with Crippen LogP contribution in [0.1, 0.15) is 43.1 Å². The van der Waals surface area contributed by atoms with E-state index >= 15 is 0 Å². The summed E-state index contributed by atoms with van der Waals surface area (Å²) >= 11 is 0. The van der Waals surface area contributed by atoms with Crippen molar-refractivity contribution in [1.29, 1.82) is 0 Å². The minimum Gasteiger partial charge on any atom is -0.465 e. The van der Waals surface area contributed by atoms with Crippen molar-refractivity contribution in [3.05, 3.63) is 59.4 Å². The molecule has 1 aromatic heterocycles. The Morgan fingerprint density at radius 2 is 2.00 bits per heavy atom. The molecule has 3 aromatic rings. The summed E-state index contributed by atoms with van der Waals surface area (Å²) < 4.78 is 2.16. The smallest absolute Gasteiger partial charge is 0.412 e. The summed E-state index contributed by atoms with van der Waals surface area (Å²) in [7, 11) is 2.05. The van der Waals surface area contributed by atoms with Crippen LogP contribution in [0.3, 0.4) is 0 Å². The van der Waals surface area contributed by atoms with Gasteiger partial charge in [-0.15, -0.1) is 0 Å². The maximum Gasteiger partial charge on any atom is 0.412 e. The molecule has 2 heterocycles. The first-order valence-corrected chi connectivity index (χ1v) is 9.51. The summed E-state index contributed by atoms with van der Waals surface area (Å²) in [4.78, 5) is 18.2. The van der Waals surface area contributed by atoms with Gasteiger partial charge in [0.25, 0.3) is 0 Å². The molecule has 0 radical (unpaired) electrons. The monoisotopic (exact) mass is 363 g/mol. The Morgan fingerprint density at radius 1 is 1.26 bits per heavy atom. The summed E-state index contributed by atoms with van der Waals surface area (Å²) in [6.45, 7) is 4.17. The van der Waals surface area contributed by atoms with E-state index in [2.05, 4.69) is 42.8 Å². The average Bonchev–Trinajstić information content (AvgIpc) is 2.99. The third-order valence-corrected chi connectivity index (χ3v) is 5.71. The van der Waals surface area contributed by atoms with E-state index in [9.17, 15) is 9.90 Å². The van der Waals surface area contributed by atoms with E-state index in [0.717, 1.165) is 47.4 Å². The van der Waals surface area contributed by atoms with Crippen molar-refractivity contribution in [2.45, 2.75) is 45.1 Å². The number of nitrogens with zero attached hydrogens (tertiary/aromatic N) is 3. The first kappa shape index (κ1) is 17.6. The second kappa shape index (κ2) is 6.72. The maximum absolute atomic E-state index is 11.7. The quantitative estimate of drug-likeness (QED) is 0.731.